The molecule has 0 radical (unpaired) electrons. The van der Waals surface area contributed by atoms with E-state index >= 15 is 0 Å². The van der Waals surface area contributed by atoms with Gasteiger partial charge in [0.1, 0.15) is 5.75 Å². The lowest BCUT2D eigenvalue weighted by atomic mass is 9.98. The quantitative estimate of drug-likeness (QED) is 0.773. The van der Waals surface area contributed by atoms with Crippen LogP contribution in [-0.4, -0.2) is 37.1 Å². The van der Waals surface area contributed by atoms with Crippen molar-refractivity contribution >= 4 is 5.69 Å². The van der Waals surface area contributed by atoms with Gasteiger partial charge in [-0.1, -0.05) is 31.4 Å². The van der Waals surface area contributed by atoms with E-state index in [9.17, 15) is 5.11 Å². The van der Waals surface area contributed by atoms with E-state index < -0.39 is 6.10 Å². The zero-order valence-corrected chi connectivity index (χ0v) is 12.9. The molecular formula is C17H27NO3. The van der Waals surface area contributed by atoms with Crippen LogP contribution in [0.5, 0.6) is 5.75 Å². The number of aliphatic hydroxyl groups is 1. The average molecular weight is 293 g/mol. The number of aliphatic hydroxyl groups excluding tert-OH is 1. The van der Waals surface area contributed by atoms with Crippen molar-refractivity contribution in [2.24, 2.45) is 0 Å². The lowest BCUT2D eigenvalue weighted by molar-refractivity contribution is -0.0195. The number of benzene rings is 1. The number of para-hydroxylation sites is 2. The highest BCUT2D eigenvalue weighted by Gasteiger charge is 2.15. The number of nitrogens with one attached hydrogen (secondary N) is 1. The van der Waals surface area contributed by atoms with E-state index in [-0.39, 0.29) is 0 Å². The van der Waals surface area contributed by atoms with Gasteiger partial charge in [0, 0.05) is 6.54 Å². The van der Waals surface area contributed by atoms with Crippen molar-refractivity contribution < 1.29 is 14.6 Å². The molecule has 0 aromatic heterocycles. The summed E-state index contributed by atoms with van der Waals surface area (Å²) in [6, 6.07) is 7.78. The standard InChI is InChI=1S/C17H27NO3/c1-2-20-17-11-7-6-10-16(17)18-12-14(19)13-21-15-8-4-3-5-9-15/h6-7,10-11,14-15,18-19H,2-5,8-9,12-13H2,1H3. The van der Waals surface area contributed by atoms with Crippen molar-refractivity contribution in [3.8, 4) is 5.75 Å². The first-order chi connectivity index (χ1) is 10.3. The number of hydrogen-bond acceptors (Lipinski definition) is 4. The van der Waals surface area contributed by atoms with E-state index in [1.54, 1.807) is 0 Å². The molecule has 1 aromatic carbocycles. The minimum Gasteiger partial charge on any atom is -0.492 e. The Bertz CT molecular complexity index is 405. The van der Waals surface area contributed by atoms with Crippen molar-refractivity contribution in [1.82, 2.24) is 0 Å². The summed E-state index contributed by atoms with van der Waals surface area (Å²) in [6.45, 7) is 3.46. The lowest BCUT2D eigenvalue weighted by Crippen LogP contribution is -2.28. The van der Waals surface area contributed by atoms with Crippen LogP contribution in [0, 0.1) is 0 Å². The van der Waals surface area contributed by atoms with Crippen LogP contribution in [0.4, 0.5) is 5.69 Å². The van der Waals surface area contributed by atoms with Gasteiger partial charge in [0.2, 0.25) is 0 Å². The van der Waals surface area contributed by atoms with Gasteiger partial charge in [-0.3, -0.25) is 0 Å². The molecule has 0 saturated heterocycles. The fourth-order valence-corrected chi connectivity index (χ4v) is 2.66. The van der Waals surface area contributed by atoms with Crippen molar-refractivity contribution in [2.75, 3.05) is 25.1 Å². The highest BCUT2D eigenvalue weighted by molar-refractivity contribution is 5.56. The predicted molar refractivity (Wildman–Crippen MR) is 84.9 cm³/mol. The summed E-state index contributed by atoms with van der Waals surface area (Å²) in [5.74, 6) is 0.820. The fraction of sp³-hybridized carbons (Fsp3) is 0.647. The van der Waals surface area contributed by atoms with Gasteiger partial charge in [-0.15, -0.1) is 0 Å². The van der Waals surface area contributed by atoms with Gasteiger partial charge in [0.05, 0.1) is 31.1 Å². The van der Waals surface area contributed by atoms with E-state index in [0.717, 1.165) is 24.3 Å². The van der Waals surface area contributed by atoms with Crippen LogP contribution in [0.1, 0.15) is 39.0 Å². The van der Waals surface area contributed by atoms with Crippen molar-refractivity contribution in [1.29, 1.82) is 0 Å². The van der Waals surface area contributed by atoms with Crippen LogP contribution in [0.15, 0.2) is 24.3 Å². The molecule has 4 nitrogen and oxygen atoms in total. The Morgan fingerprint density at radius 3 is 2.76 bits per heavy atom. The Kier molecular flexibility index (Phi) is 6.83. The summed E-state index contributed by atoms with van der Waals surface area (Å²) in [5.41, 5.74) is 0.913. The molecule has 1 aromatic rings. The van der Waals surface area contributed by atoms with Crippen LogP contribution in [0.2, 0.25) is 0 Å². The Morgan fingerprint density at radius 1 is 1.24 bits per heavy atom. The van der Waals surface area contributed by atoms with Gasteiger partial charge in [0.15, 0.2) is 0 Å². The molecule has 2 N–H and O–H groups in total. The van der Waals surface area contributed by atoms with Crippen LogP contribution in [-0.2, 0) is 4.74 Å². The minimum absolute atomic E-state index is 0.337. The van der Waals surface area contributed by atoms with Crippen molar-refractivity contribution in [3.05, 3.63) is 24.3 Å². The fourth-order valence-electron chi connectivity index (χ4n) is 2.66. The van der Waals surface area contributed by atoms with Gasteiger partial charge in [-0.05, 0) is 31.9 Å². The second kappa shape index (κ2) is 8.90. The molecule has 1 aliphatic carbocycles. The van der Waals surface area contributed by atoms with Crippen LogP contribution >= 0.6 is 0 Å². The zero-order valence-electron chi connectivity index (χ0n) is 12.9. The molecule has 1 aliphatic rings. The Balaban J connectivity index is 1.71. The summed E-state index contributed by atoms with van der Waals surface area (Å²) in [7, 11) is 0. The maximum atomic E-state index is 10.0. The zero-order chi connectivity index (χ0) is 14.9. The molecule has 0 spiro atoms. The molecule has 21 heavy (non-hydrogen) atoms. The second-order valence-corrected chi connectivity index (χ2v) is 5.56. The van der Waals surface area contributed by atoms with Gasteiger partial charge >= 0.3 is 0 Å². The lowest BCUT2D eigenvalue weighted by Gasteiger charge is -2.23. The predicted octanol–water partition coefficient (Wildman–Crippen LogP) is 3.21. The van der Waals surface area contributed by atoms with E-state index in [2.05, 4.69) is 5.32 Å². The Labute approximate surface area is 127 Å². The van der Waals surface area contributed by atoms with E-state index in [4.69, 9.17) is 9.47 Å². The summed E-state index contributed by atoms with van der Waals surface area (Å²) >= 11 is 0. The number of hydrogen-bond donors (Lipinski definition) is 2. The largest absolute Gasteiger partial charge is 0.492 e. The molecular weight excluding hydrogens is 266 g/mol. The second-order valence-electron chi connectivity index (χ2n) is 5.56. The number of ether oxygens (including phenoxy) is 2. The first-order valence-electron chi connectivity index (χ1n) is 8.05. The van der Waals surface area contributed by atoms with Gasteiger partial charge in [0.25, 0.3) is 0 Å². The van der Waals surface area contributed by atoms with Crippen molar-refractivity contribution in [3.63, 3.8) is 0 Å². The van der Waals surface area contributed by atoms with Crippen LogP contribution in [0.25, 0.3) is 0 Å². The topological polar surface area (TPSA) is 50.7 Å². The minimum atomic E-state index is -0.499. The maximum absolute atomic E-state index is 10.0. The average Bonchev–Trinajstić information content (AvgIpc) is 2.53. The first kappa shape index (κ1) is 16.1. The molecule has 2 rings (SSSR count). The molecule has 0 aliphatic heterocycles. The molecule has 0 bridgehead atoms. The van der Waals surface area contributed by atoms with E-state index in [0.29, 0.717) is 25.9 Å². The monoisotopic (exact) mass is 293 g/mol. The Morgan fingerprint density at radius 2 is 2.00 bits per heavy atom. The number of anilines is 1. The third-order valence-corrected chi connectivity index (χ3v) is 3.79. The van der Waals surface area contributed by atoms with Gasteiger partial charge in [-0.2, -0.15) is 0 Å². The molecule has 1 atom stereocenters. The SMILES string of the molecule is CCOc1ccccc1NCC(O)COC1CCCCC1. The molecule has 118 valence electrons. The third kappa shape index (κ3) is 5.56. The normalized spacial score (nSPS) is 17.4. The third-order valence-electron chi connectivity index (χ3n) is 3.79. The maximum Gasteiger partial charge on any atom is 0.142 e. The summed E-state index contributed by atoms with van der Waals surface area (Å²) in [6.07, 6.45) is 5.92. The summed E-state index contributed by atoms with van der Waals surface area (Å²) in [4.78, 5) is 0. The Hall–Kier alpha value is -1.26. The summed E-state index contributed by atoms with van der Waals surface area (Å²) < 4.78 is 11.3. The highest BCUT2D eigenvalue weighted by Crippen LogP contribution is 2.24. The van der Waals surface area contributed by atoms with Crippen molar-refractivity contribution in [2.45, 2.75) is 51.2 Å². The smallest absolute Gasteiger partial charge is 0.142 e. The number of rotatable bonds is 8. The molecule has 1 unspecified atom stereocenters. The van der Waals surface area contributed by atoms with Crippen LogP contribution < -0.4 is 10.1 Å². The first-order valence-corrected chi connectivity index (χ1v) is 8.05. The molecule has 1 saturated carbocycles. The van der Waals surface area contributed by atoms with E-state index in [1.165, 1.54) is 19.3 Å². The molecule has 0 heterocycles. The van der Waals surface area contributed by atoms with Gasteiger partial charge in [-0.25, -0.2) is 0 Å². The molecule has 1 fully saturated rings. The van der Waals surface area contributed by atoms with E-state index in [1.807, 2.05) is 31.2 Å². The highest BCUT2D eigenvalue weighted by atomic mass is 16.5. The molecule has 4 heteroatoms. The van der Waals surface area contributed by atoms with Gasteiger partial charge < -0.3 is 19.9 Å². The molecule has 0 amide bonds. The van der Waals surface area contributed by atoms with Crippen LogP contribution in [0.3, 0.4) is 0 Å². The summed E-state index contributed by atoms with van der Waals surface area (Å²) in [5, 5.41) is 13.3.